The number of hydrogen-bond acceptors (Lipinski definition) is 6. The molecule has 0 aromatic carbocycles. The van der Waals surface area contributed by atoms with Crippen LogP contribution in [-0.4, -0.2) is 118 Å². The average Bonchev–Trinajstić information content (AvgIpc) is 2.96. The van der Waals surface area contributed by atoms with E-state index in [1.54, 1.807) is 7.11 Å². The molecule has 40 heavy (non-hydrogen) atoms. The fourth-order valence-electron chi connectivity index (χ4n) is 1.92. The second-order valence-electron chi connectivity index (χ2n) is 8.52. The Bertz CT molecular complexity index is 243. The van der Waals surface area contributed by atoms with Crippen LogP contribution < -0.4 is 10.6 Å². The minimum absolute atomic E-state index is 0.145. The average molecular weight is 593 g/mol. The Morgan fingerprint density at radius 3 is 1.18 bits per heavy atom. The van der Waals surface area contributed by atoms with E-state index in [2.05, 4.69) is 97.0 Å². The second kappa shape index (κ2) is 83.3. The molecular weight excluding hydrogens is 510 g/mol. The standard InChI is InChI=1S/C5H11F.2C5H13N.2C4H11N.2C4H10O.CH3F/c1-2-3-4-5-6;1-4-5-6(2)3;1-4-6(3)5-2;1-3-4-5-2;1-3-5-4-2;1-3-4-5-2;1-3-5-4-2;1-2/h2-5H2,1H3;2*4-5H2,1-3H3;2*5H,3-4H2,1-2H3;2*3-4H2,1-2H3;1H3. The molecule has 0 radical (unpaired) electrons. The zero-order valence-corrected chi connectivity index (χ0v) is 30.8. The van der Waals surface area contributed by atoms with Crippen molar-refractivity contribution < 1.29 is 18.3 Å². The highest BCUT2D eigenvalue weighted by molar-refractivity contribution is 4.36. The molecule has 0 heterocycles. The Labute approximate surface area is 254 Å². The van der Waals surface area contributed by atoms with Gasteiger partial charge in [0.2, 0.25) is 0 Å². The molecule has 6 nitrogen and oxygen atoms in total. The molecule has 8 heteroatoms. The summed E-state index contributed by atoms with van der Waals surface area (Å²) in [7, 11) is 10.5. The molecule has 0 aromatic heterocycles. The molecule has 0 amide bonds. The van der Waals surface area contributed by atoms with Crippen LogP contribution in [0.4, 0.5) is 8.78 Å². The lowest BCUT2D eigenvalue weighted by Gasteiger charge is -2.07. The molecule has 0 bridgehead atoms. The van der Waals surface area contributed by atoms with E-state index in [0.717, 1.165) is 78.2 Å². The minimum Gasteiger partial charge on any atom is -0.385 e. The van der Waals surface area contributed by atoms with Crippen LogP contribution in [0.5, 0.6) is 0 Å². The van der Waals surface area contributed by atoms with Gasteiger partial charge in [-0.25, -0.2) is 0 Å². The highest BCUT2D eigenvalue weighted by Gasteiger charge is 1.81. The first kappa shape index (κ1) is 59.1. The lowest BCUT2D eigenvalue weighted by molar-refractivity contribution is 0.162. The van der Waals surface area contributed by atoms with Crippen molar-refractivity contribution >= 4 is 0 Å². The molecule has 0 fully saturated rings. The topological polar surface area (TPSA) is 49.0 Å². The quantitative estimate of drug-likeness (QED) is 0.188. The van der Waals surface area contributed by atoms with Gasteiger partial charge in [-0.05, 0) is 107 Å². The monoisotopic (exact) mass is 593 g/mol. The summed E-state index contributed by atoms with van der Waals surface area (Å²) in [5, 5.41) is 6.13. The molecule has 2 N–H and O–H groups in total. The normalized spacial score (nSPS) is 8.70. The highest BCUT2D eigenvalue weighted by Crippen LogP contribution is 1.91. The Morgan fingerprint density at radius 2 is 1.15 bits per heavy atom. The van der Waals surface area contributed by atoms with Gasteiger partial charge in [0.05, 0.1) is 13.9 Å². The Morgan fingerprint density at radius 1 is 0.675 bits per heavy atom. The van der Waals surface area contributed by atoms with Gasteiger partial charge in [0.1, 0.15) is 0 Å². The largest absolute Gasteiger partial charge is 0.385 e. The van der Waals surface area contributed by atoms with Gasteiger partial charge < -0.3 is 29.9 Å². The number of nitrogens with zero attached hydrogens (tertiary/aromatic N) is 2. The maximum absolute atomic E-state index is 11.2. The predicted molar refractivity (Wildman–Crippen MR) is 183 cm³/mol. The van der Waals surface area contributed by atoms with Gasteiger partial charge in [-0.2, -0.15) is 0 Å². The van der Waals surface area contributed by atoms with Gasteiger partial charge in [-0.15, -0.1) is 0 Å². The highest BCUT2D eigenvalue weighted by atomic mass is 19.1. The lowest BCUT2D eigenvalue weighted by atomic mass is 10.3. The van der Waals surface area contributed by atoms with Gasteiger partial charge in [0.15, 0.2) is 0 Å². The van der Waals surface area contributed by atoms with Gasteiger partial charge in [0.25, 0.3) is 0 Å². The second-order valence-corrected chi connectivity index (χ2v) is 8.52. The SMILES string of the molecule is CCCCCF.CCCN(C)C.CCCNC.CCCOC.CCN(C)CC.CCNCC.CCOCC.CF. The van der Waals surface area contributed by atoms with Crippen LogP contribution >= 0.6 is 0 Å². The maximum Gasteiger partial charge on any atom is 0.0894 e. The van der Waals surface area contributed by atoms with Crippen molar-refractivity contribution in [3.63, 3.8) is 0 Å². The minimum atomic E-state index is -0.145. The van der Waals surface area contributed by atoms with E-state index in [9.17, 15) is 8.78 Å². The summed E-state index contributed by atoms with van der Waals surface area (Å²) in [5.74, 6) is 0. The fourth-order valence-corrected chi connectivity index (χ4v) is 1.92. The molecule has 0 aromatic rings. The van der Waals surface area contributed by atoms with E-state index in [0.29, 0.717) is 7.18 Å². The maximum atomic E-state index is 11.2. The number of nitrogens with one attached hydrogen (secondary N) is 2. The summed E-state index contributed by atoms with van der Waals surface area (Å²) in [5.41, 5.74) is 0. The van der Waals surface area contributed by atoms with Crippen LogP contribution in [0.2, 0.25) is 0 Å². The van der Waals surface area contributed by atoms with E-state index < -0.39 is 0 Å². The summed E-state index contributed by atoms with van der Waals surface area (Å²) in [6, 6.07) is 0. The molecule has 0 aliphatic heterocycles. The number of unbranched alkanes of at least 4 members (excludes halogenated alkanes) is 2. The smallest absolute Gasteiger partial charge is 0.0894 e. The summed E-state index contributed by atoms with van der Waals surface area (Å²) in [6.07, 6.45) is 6.51. The van der Waals surface area contributed by atoms with Crippen molar-refractivity contribution in [3.8, 4) is 0 Å². The molecule has 0 rings (SSSR count). The number of rotatable bonds is 15. The third kappa shape index (κ3) is 162. The number of methoxy groups -OCH3 is 1. The van der Waals surface area contributed by atoms with Crippen molar-refractivity contribution in [2.75, 3.05) is 108 Å². The van der Waals surface area contributed by atoms with Crippen molar-refractivity contribution in [1.29, 1.82) is 0 Å². The molecular formula is C32H82F2N4O2. The molecule has 0 spiro atoms. The Kier molecular flexibility index (Phi) is 123. The predicted octanol–water partition coefficient (Wildman–Crippen LogP) is 7.97. The first-order valence-electron chi connectivity index (χ1n) is 15.8. The number of halogens is 2. The van der Waals surface area contributed by atoms with Crippen LogP contribution in [0.15, 0.2) is 0 Å². The van der Waals surface area contributed by atoms with Crippen molar-refractivity contribution in [1.82, 2.24) is 20.4 Å². The van der Waals surface area contributed by atoms with Gasteiger partial charge in [-0.3, -0.25) is 8.78 Å². The lowest BCUT2D eigenvalue weighted by Crippen LogP contribution is -2.15. The molecule has 0 atom stereocenters. The van der Waals surface area contributed by atoms with E-state index >= 15 is 0 Å². The van der Waals surface area contributed by atoms with Crippen molar-refractivity contribution in [2.24, 2.45) is 0 Å². The van der Waals surface area contributed by atoms with Crippen LogP contribution in [0.25, 0.3) is 0 Å². The third-order valence-corrected chi connectivity index (χ3v) is 4.30. The van der Waals surface area contributed by atoms with E-state index in [1.807, 2.05) is 20.9 Å². The summed E-state index contributed by atoms with van der Waals surface area (Å²) < 4.78 is 30.2. The van der Waals surface area contributed by atoms with Crippen molar-refractivity contribution in [3.05, 3.63) is 0 Å². The zero-order valence-electron chi connectivity index (χ0n) is 30.8. The number of alkyl halides is 2. The molecule has 0 saturated heterocycles. The summed E-state index contributed by atoms with van der Waals surface area (Å²) in [4.78, 5) is 4.43. The van der Waals surface area contributed by atoms with Crippen LogP contribution in [0, 0.1) is 0 Å². The summed E-state index contributed by atoms with van der Waals surface area (Å²) >= 11 is 0. The number of ether oxygens (including phenoxy) is 2. The first-order valence-corrected chi connectivity index (χ1v) is 15.8. The van der Waals surface area contributed by atoms with Gasteiger partial charge in [-0.1, -0.05) is 68.2 Å². The van der Waals surface area contributed by atoms with Crippen LogP contribution in [0.1, 0.15) is 108 Å². The Balaban J connectivity index is -0.0000000493. The van der Waals surface area contributed by atoms with E-state index in [-0.39, 0.29) is 6.67 Å². The Hall–Kier alpha value is -0.380. The molecule has 0 aliphatic rings. The van der Waals surface area contributed by atoms with E-state index in [4.69, 9.17) is 9.47 Å². The first-order chi connectivity index (χ1) is 19.1. The number of hydrogen-bond donors (Lipinski definition) is 2. The van der Waals surface area contributed by atoms with E-state index in [1.165, 1.54) is 19.4 Å². The third-order valence-electron chi connectivity index (χ3n) is 4.30. The zero-order chi connectivity index (χ0) is 33.3. The molecule has 0 saturated carbocycles. The van der Waals surface area contributed by atoms with Gasteiger partial charge >= 0.3 is 0 Å². The molecule has 0 unspecified atom stereocenters. The van der Waals surface area contributed by atoms with Crippen LogP contribution in [0.3, 0.4) is 0 Å². The van der Waals surface area contributed by atoms with Crippen LogP contribution in [-0.2, 0) is 9.47 Å². The fraction of sp³-hybridized carbons (Fsp3) is 1.00. The van der Waals surface area contributed by atoms with Crippen molar-refractivity contribution in [2.45, 2.75) is 108 Å². The summed E-state index contributed by atoms with van der Waals surface area (Å²) in [6.45, 7) is 30.3. The van der Waals surface area contributed by atoms with Gasteiger partial charge in [0, 0.05) is 26.9 Å². The molecule has 256 valence electrons. The molecule has 0 aliphatic carbocycles.